The number of alkyl halides is 3. The fraction of sp³-hybridized carbons (Fsp3) is 0.286. The number of ether oxygens (including phenoxy) is 3. The molecule has 38 heavy (non-hydrogen) atoms. The molecule has 0 bridgehead atoms. The molecule has 1 amide bonds. The van der Waals surface area contributed by atoms with Crippen LogP contribution in [0.25, 0.3) is 11.1 Å². The van der Waals surface area contributed by atoms with Gasteiger partial charge in [-0.15, -0.1) is 0 Å². The highest BCUT2D eigenvalue weighted by Crippen LogP contribution is 2.38. The molecule has 0 aliphatic carbocycles. The molecule has 3 aromatic rings. The van der Waals surface area contributed by atoms with Crippen LogP contribution in [0.5, 0.6) is 5.75 Å². The molecule has 202 valence electrons. The average molecular weight is 534 g/mol. The van der Waals surface area contributed by atoms with Crippen molar-refractivity contribution in [2.45, 2.75) is 32.7 Å². The first-order chi connectivity index (χ1) is 18.0. The lowest BCUT2D eigenvalue weighted by atomic mass is 9.94. The van der Waals surface area contributed by atoms with Gasteiger partial charge in [0, 0.05) is 18.7 Å². The van der Waals surface area contributed by atoms with E-state index in [1.807, 2.05) is 0 Å². The predicted octanol–water partition coefficient (Wildman–Crippen LogP) is 6.39. The van der Waals surface area contributed by atoms with Crippen molar-refractivity contribution in [2.24, 2.45) is 0 Å². The van der Waals surface area contributed by atoms with E-state index in [4.69, 9.17) is 14.2 Å². The lowest BCUT2D eigenvalue weighted by Crippen LogP contribution is -2.31. The van der Waals surface area contributed by atoms with Crippen LogP contribution in [0.1, 0.15) is 29.2 Å². The largest absolute Gasteiger partial charge is 0.496 e. The first-order valence-electron chi connectivity index (χ1n) is 11.7. The summed E-state index contributed by atoms with van der Waals surface area (Å²) in [5.74, 6) is -0.533. The van der Waals surface area contributed by atoms with Crippen molar-refractivity contribution in [1.82, 2.24) is 4.90 Å². The molecule has 0 saturated carbocycles. The van der Waals surface area contributed by atoms with Gasteiger partial charge in [-0.2, -0.15) is 13.2 Å². The van der Waals surface area contributed by atoms with Crippen molar-refractivity contribution in [2.75, 3.05) is 20.8 Å². The Hall–Kier alpha value is -4.08. The summed E-state index contributed by atoms with van der Waals surface area (Å²) in [5, 5.41) is 0. The molecule has 0 atom stereocenters. The van der Waals surface area contributed by atoms with E-state index in [0.717, 1.165) is 12.1 Å². The summed E-state index contributed by atoms with van der Waals surface area (Å²) < 4.78 is 69.4. The van der Waals surface area contributed by atoms with Crippen molar-refractivity contribution < 1.29 is 41.4 Å². The Morgan fingerprint density at radius 1 is 0.895 bits per heavy atom. The third-order valence-electron chi connectivity index (χ3n) is 5.84. The molecule has 0 radical (unpaired) electrons. The molecule has 0 spiro atoms. The lowest BCUT2D eigenvalue weighted by Gasteiger charge is -2.23. The highest BCUT2D eigenvalue weighted by atomic mass is 19.4. The van der Waals surface area contributed by atoms with Crippen molar-refractivity contribution >= 4 is 12.1 Å². The van der Waals surface area contributed by atoms with Gasteiger partial charge >= 0.3 is 18.2 Å². The van der Waals surface area contributed by atoms with E-state index in [2.05, 4.69) is 0 Å². The van der Waals surface area contributed by atoms with Crippen molar-refractivity contribution in [1.29, 1.82) is 0 Å². The molecule has 0 aliphatic rings. The van der Waals surface area contributed by atoms with Gasteiger partial charge in [-0.1, -0.05) is 24.3 Å². The topological polar surface area (TPSA) is 65.1 Å². The first kappa shape index (κ1) is 28.5. The third-order valence-corrected chi connectivity index (χ3v) is 5.84. The maximum absolute atomic E-state index is 13.6. The van der Waals surface area contributed by atoms with Gasteiger partial charge in [0.1, 0.15) is 18.2 Å². The number of nitrogens with zero attached hydrogens (tertiary/aromatic N) is 1. The van der Waals surface area contributed by atoms with Gasteiger partial charge in [0.2, 0.25) is 0 Å². The highest BCUT2D eigenvalue weighted by Gasteiger charge is 2.32. The minimum atomic E-state index is -4.61. The summed E-state index contributed by atoms with van der Waals surface area (Å²) in [6.07, 6.45) is -5.39. The number of rotatable bonds is 9. The molecule has 3 rings (SSSR count). The Morgan fingerprint density at radius 2 is 1.58 bits per heavy atom. The van der Waals surface area contributed by atoms with E-state index in [1.54, 1.807) is 25.1 Å². The van der Waals surface area contributed by atoms with Crippen LogP contribution < -0.4 is 4.74 Å². The average Bonchev–Trinajstić information content (AvgIpc) is 2.90. The van der Waals surface area contributed by atoms with Crippen molar-refractivity contribution in [3.8, 4) is 16.9 Å². The second-order valence-electron chi connectivity index (χ2n) is 8.35. The smallest absolute Gasteiger partial charge is 0.416 e. The summed E-state index contributed by atoms with van der Waals surface area (Å²) in [7, 11) is 2.68. The summed E-state index contributed by atoms with van der Waals surface area (Å²) in [4.78, 5) is 25.9. The minimum Gasteiger partial charge on any atom is -0.496 e. The predicted molar refractivity (Wildman–Crippen MR) is 132 cm³/mol. The van der Waals surface area contributed by atoms with Crippen LogP contribution >= 0.6 is 0 Å². The van der Waals surface area contributed by atoms with Crippen LogP contribution in [0, 0.1) is 5.82 Å². The number of halogens is 4. The molecule has 0 aliphatic heterocycles. The Kier molecular flexibility index (Phi) is 9.33. The van der Waals surface area contributed by atoms with Crippen LogP contribution in [0.15, 0.2) is 60.7 Å². The van der Waals surface area contributed by atoms with E-state index in [1.165, 1.54) is 49.5 Å². The van der Waals surface area contributed by atoms with Crippen LogP contribution in [-0.4, -0.2) is 37.7 Å². The maximum Gasteiger partial charge on any atom is 0.416 e. The second-order valence-corrected chi connectivity index (χ2v) is 8.35. The molecular weight excluding hydrogens is 506 g/mol. The number of benzene rings is 3. The third kappa shape index (κ3) is 7.24. The SMILES string of the molecule is CCN(Cc1cc(C(F)(F)F)ccc1-c1cc(CC(=O)OC)ccc1OC)C(=O)OCc1ccc(F)cc1. The van der Waals surface area contributed by atoms with Crippen LogP contribution in [-0.2, 0) is 40.0 Å². The fourth-order valence-electron chi connectivity index (χ4n) is 3.81. The van der Waals surface area contributed by atoms with Crippen molar-refractivity contribution in [3.05, 3.63) is 88.7 Å². The van der Waals surface area contributed by atoms with E-state index in [-0.39, 0.29) is 31.7 Å². The Balaban J connectivity index is 1.97. The molecular formula is C28H27F4NO5. The molecule has 0 aromatic heterocycles. The molecule has 6 nitrogen and oxygen atoms in total. The number of hydrogen-bond acceptors (Lipinski definition) is 5. The van der Waals surface area contributed by atoms with E-state index in [9.17, 15) is 27.2 Å². The van der Waals surface area contributed by atoms with Gasteiger partial charge < -0.3 is 19.1 Å². The zero-order valence-corrected chi connectivity index (χ0v) is 21.1. The highest BCUT2D eigenvalue weighted by molar-refractivity contribution is 5.78. The molecule has 0 unspecified atom stereocenters. The maximum atomic E-state index is 13.6. The summed E-state index contributed by atoms with van der Waals surface area (Å²) in [6.45, 7) is 1.50. The van der Waals surface area contributed by atoms with Crippen LogP contribution in [0.3, 0.4) is 0 Å². The Bertz CT molecular complexity index is 1280. The monoisotopic (exact) mass is 533 g/mol. The number of carbonyl (C=O) groups is 2. The summed E-state index contributed by atoms with van der Waals surface area (Å²) >= 11 is 0. The van der Waals surface area contributed by atoms with Crippen LogP contribution in [0.2, 0.25) is 0 Å². The van der Waals surface area contributed by atoms with Crippen molar-refractivity contribution in [3.63, 3.8) is 0 Å². The second kappa shape index (κ2) is 12.4. The standard InChI is InChI=1S/C28H27F4NO5/c1-4-33(27(35)38-17-18-5-9-22(29)10-6-18)16-20-15-21(28(30,31)32)8-11-23(20)24-13-19(14-26(34)37-3)7-12-25(24)36-2/h5-13,15H,4,14,16-17H2,1-3H3. The minimum absolute atomic E-state index is 0.0414. The molecule has 0 N–H and O–H groups in total. The van der Waals surface area contributed by atoms with Gasteiger partial charge in [0.05, 0.1) is 26.2 Å². The Labute approximate surface area is 217 Å². The van der Waals surface area contributed by atoms with Crippen LogP contribution in [0.4, 0.5) is 22.4 Å². The quantitative estimate of drug-likeness (QED) is 0.236. The number of carbonyl (C=O) groups excluding carboxylic acids is 2. The van der Waals surface area contributed by atoms with E-state index < -0.39 is 29.6 Å². The molecule has 0 fully saturated rings. The van der Waals surface area contributed by atoms with Gasteiger partial charge in [-0.3, -0.25) is 4.79 Å². The molecule has 3 aromatic carbocycles. The zero-order chi connectivity index (χ0) is 27.9. The lowest BCUT2D eigenvalue weighted by molar-refractivity contribution is -0.140. The summed E-state index contributed by atoms with van der Waals surface area (Å²) in [5.41, 5.74) is 1.30. The molecule has 0 heterocycles. The fourth-order valence-corrected chi connectivity index (χ4v) is 3.81. The molecule has 10 heteroatoms. The van der Waals surface area contributed by atoms with Gasteiger partial charge in [0.25, 0.3) is 0 Å². The van der Waals surface area contributed by atoms with E-state index >= 15 is 0 Å². The van der Waals surface area contributed by atoms with Gasteiger partial charge in [-0.25, -0.2) is 9.18 Å². The first-order valence-corrected chi connectivity index (χ1v) is 11.7. The normalized spacial score (nSPS) is 11.1. The summed E-state index contributed by atoms with van der Waals surface area (Å²) in [6, 6.07) is 13.6. The number of hydrogen-bond donors (Lipinski definition) is 0. The van der Waals surface area contributed by atoms with E-state index in [0.29, 0.717) is 28.0 Å². The Morgan fingerprint density at radius 3 is 2.18 bits per heavy atom. The van der Waals surface area contributed by atoms with Gasteiger partial charge in [0.15, 0.2) is 0 Å². The van der Waals surface area contributed by atoms with Gasteiger partial charge in [-0.05, 0) is 65.6 Å². The zero-order valence-electron chi connectivity index (χ0n) is 21.1. The number of methoxy groups -OCH3 is 2. The number of esters is 1. The number of amides is 1. The molecule has 0 saturated heterocycles.